The molecule has 1 atom stereocenters. The number of aliphatic imine (C=N–C) groups is 1. The van der Waals surface area contributed by atoms with Gasteiger partial charge in [0.25, 0.3) is 5.91 Å². The van der Waals surface area contributed by atoms with Crippen molar-refractivity contribution in [3.8, 4) is 5.75 Å². The Morgan fingerprint density at radius 3 is 2.94 bits per heavy atom. The quantitative estimate of drug-likeness (QED) is 0.566. The van der Waals surface area contributed by atoms with Crippen LogP contribution >= 0.6 is 23.4 Å². The van der Waals surface area contributed by atoms with Crippen LogP contribution in [-0.2, 0) is 4.79 Å². The van der Waals surface area contributed by atoms with E-state index in [-0.39, 0.29) is 27.5 Å². The summed E-state index contributed by atoms with van der Waals surface area (Å²) in [5.41, 5.74) is -0.642. The van der Waals surface area contributed by atoms with Gasteiger partial charge in [-0.2, -0.15) is 0 Å². The summed E-state index contributed by atoms with van der Waals surface area (Å²) < 4.78 is 61.8. The number of aliphatic hydroxyl groups is 2. The van der Waals surface area contributed by atoms with Crippen LogP contribution in [0, 0.1) is 6.85 Å². The summed E-state index contributed by atoms with van der Waals surface area (Å²) in [6.07, 6.45) is 1.03. The van der Waals surface area contributed by atoms with E-state index in [2.05, 4.69) is 4.99 Å². The molecule has 0 unspecified atom stereocenters. The molecule has 2 aromatic carbocycles. The minimum absolute atomic E-state index is 0.0858. The van der Waals surface area contributed by atoms with Crippen molar-refractivity contribution in [2.24, 2.45) is 4.99 Å². The number of hydrogen-bond acceptors (Lipinski definition) is 6. The molecule has 0 spiro atoms. The lowest BCUT2D eigenvalue weighted by Gasteiger charge is -2.18. The molecule has 164 valence electrons. The zero-order valence-electron chi connectivity index (χ0n) is 23.6. The second-order valence-electron chi connectivity index (χ2n) is 6.48. The van der Waals surface area contributed by atoms with Crippen molar-refractivity contribution in [3.05, 3.63) is 63.4 Å². The van der Waals surface area contributed by atoms with Crippen molar-refractivity contribution in [3.63, 3.8) is 0 Å². The molecular weight excluding hydrogens is 436 g/mol. The smallest absolute Gasteiger partial charge is 0.271 e. The summed E-state index contributed by atoms with van der Waals surface area (Å²) in [7, 11) is 0. The van der Waals surface area contributed by atoms with Gasteiger partial charge in [-0.05, 0) is 60.4 Å². The molecule has 3 rings (SSSR count). The third-order valence-electron chi connectivity index (χ3n) is 4.06. The van der Waals surface area contributed by atoms with Crippen molar-refractivity contribution >= 4 is 46.2 Å². The molecule has 31 heavy (non-hydrogen) atoms. The molecular formula is C23H25ClN2O4S. The van der Waals surface area contributed by atoms with Gasteiger partial charge >= 0.3 is 0 Å². The van der Waals surface area contributed by atoms with Gasteiger partial charge in [-0.1, -0.05) is 42.7 Å². The van der Waals surface area contributed by atoms with Gasteiger partial charge in [0.15, 0.2) is 5.17 Å². The Balaban J connectivity index is 2.10. The SMILES string of the molecule is [2H]c1c([2H])c([2H])c(C([2H])([2H])[2H])c(N2C(=O)/C(=C/c3ccc(OC[C@H](O)CO)c(Cl)c3)SC2=NCCC)c1[2H]. The lowest BCUT2D eigenvalue weighted by atomic mass is 10.1. The number of anilines is 1. The van der Waals surface area contributed by atoms with Gasteiger partial charge in [-0.25, -0.2) is 0 Å². The highest BCUT2D eigenvalue weighted by atomic mass is 35.5. The van der Waals surface area contributed by atoms with E-state index in [4.69, 9.17) is 31.0 Å². The van der Waals surface area contributed by atoms with Crippen molar-refractivity contribution in [1.29, 1.82) is 0 Å². The summed E-state index contributed by atoms with van der Waals surface area (Å²) in [5.74, 6) is -0.455. The van der Waals surface area contributed by atoms with E-state index in [1.165, 1.54) is 18.2 Å². The molecule has 0 saturated carbocycles. The number of carbonyl (C=O) groups excluding carboxylic acids is 1. The molecule has 6 nitrogen and oxygen atoms in total. The molecule has 2 aromatic rings. The van der Waals surface area contributed by atoms with Crippen molar-refractivity contribution in [2.75, 3.05) is 24.7 Å². The van der Waals surface area contributed by atoms with Crippen LogP contribution in [0.15, 0.2) is 52.3 Å². The summed E-state index contributed by atoms with van der Waals surface area (Å²) in [4.78, 5) is 19.0. The highest BCUT2D eigenvalue weighted by Crippen LogP contribution is 2.38. The van der Waals surface area contributed by atoms with Crippen LogP contribution in [-0.4, -0.2) is 47.2 Å². The van der Waals surface area contributed by atoms with Crippen molar-refractivity contribution in [1.82, 2.24) is 0 Å². The lowest BCUT2D eigenvalue weighted by molar-refractivity contribution is -0.113. The second kappa shape index (κ2) is 10.8. The zero-order chi connectivity index (χ0) is 28.4. The Morgan fingerprint density at radius 2 is 2.23 bits per heavy atom. The van der Waals surface area contributed by atoms with Crippen LogP contribution < -0.4 is 9.64 Å². The predicted molar refractivity (Wildman–Crippen MR) is 127 cm³/mol. The van der Waals surface area contributed by atoms with Gasteiger partial charge in [0.2, 0.25) is 0 Å². The van der Waals surface area contributed by atoms with Gasteiger partial charge in [0, 0.05) is 10.7 Å². The maximum atomic E-state index is 13.6. The largest absolute Gasteiger partial charge is 0.489 e. The van der Waals surface area contributed by atoms with Crippen LogP contribution in [0.1, 0.15) is 34.1 Å². The van der Waals surface area contributed by atoms with Crippen molar-refractivity contribution in [2.45, 2.75) is 26.3 Å². The van der Waals surface area contributed by atoms with Crippen molar-refractivity contribution < 1.29 is 29.3 Å². The van der Waals surface area contributed by atoms with Crippen LogP contribution in [0.4, 0.5) is 5.69 Å². The lowest BCUT2D eigenvalue weighted by Crippen LogP contribution is -2.29. The number of amides is 1. The fourth-order valence-electron chi connectivity index (χ4n) is 2.57. The molecule has 1 aliphatic heterocycles. The first-order valence-electron chi connectivity index (χ1n) is 12.9. The minimum atomic E-state index is -2.94. The topological polar surface area (TPSA) is 82.4 Å². The molecule has 2 N–H and O–H groups in total. The molecule has 0 bridgehead atoms. The number of thioether (sulfide) groups is 1. The number of rotatable bonds is 8. The maximum Gasteiger partial charge on any atom is 0.271 e. The van der Waals surface area contributed by atoms with E-state index in [0.29, 0.717) is 18.5 Å². The number of benzene rings is 2. The normalized spacial score (nSPS) is 21.2. The fraction of sp³-hybridized carbons (Fsp3) is 0.304. The fourth-order valence-corrected chi connectivity index (χ4v) is 3.81. The van der Waals surface area contributed by atoms with Gasteiger partial charge in [0.1, 0.15) is 18.5 Å². The summed E-state index contributed by atoms with van der Waals surface area (Å²) in [5, 5.41) is 18.6. The van der Waals surface area contributed by atoms with E-state index in [1.54, 1.807) is 6.07 Å². The molecule has 1 saturated heterocycles. The van der Waals surface area contributed by atoms with E-state index in [0.717, 1.165) is 16.7 Å². The Labute approximate surface area is 201 Å². The molecule has 0 aromatic heterocycles. The number of halogens is 1. The van der Waals surface area contributed by atoms with E-state index < -0.39 is 60.9 Å². The number of aliphatic hydroxyl groups excluding tert-OH is 2. The van der Waals surface area contributed by atoms with Crippen LogP contribution in [0.3, 0.4) is 0 Å². The predicted octanol–water partition coefficient (Wildman–Crippen LogP) is 4.27. The number of carbonyl (C=O) groups is 1. The van der Waals surface area contributed by atoms with Crippen LogP contribution in [0.25, 0.3) is 6.08 Å². The average molecular weight is 468 g/mol. The first-order valence-corrected chi connectivity index (χ1v) is 10.6. The van der Waals surface area contributed by atoms with E-state index in [1.807, 2.05) is 6.92 Å². The highest BCUT2D eigenvalue weighted by Gasteiger charge is 2.35. The molecule has 0 radical (unpaired) electrons. The van der Waals surface area contributed by atoms with Gasteiger partial charge < -0.3 is 14.9 Å². The highest BCUT2D eigenvalue weighted by molar-refractivity contribution is 8.19. The Morgan fingerprint density at radius 1 is 1.42 bits per heavy atom. The van der Waals surface area contributed by atoms with Gasteiger partial charge in [0.05, 0.1) is 27.7 Å². The Kier molecular flexibility index (Phi) is 5.40. The number of hydrogen-bond donors (Lipinski definition) is 2. The maximum absolute atomic E-state index is 13.6. The zero-order valence-corrected chi connectivity index (χ0v) is 18.2. The van der Waals surface area contributed by atoms with Gasteiger partial charge in [-0.15, -0.1) is 0 Å². The summed E-state index contributed by atoms with van der Waals surface area (Å²) in [6.45, 7) is -1.43. The number of nitrogens with zero attached hydrogens (tertiary/aromatic N) is 2. The average Bonchev–Trinajstić information content (AvgIpc) is 3.16. The third-order valence-corrected chi connectivity index (χ3v) is 5.37. The Hall–Kier alpha value is -2.32. The molecule has 1 heterocycles. The Bertz CT molecular complexity index is 1300. The molecule has 1 aliphatic rings. The van der Waals surface area contributed by atoms with Crippen LogP contribution in [0.5, 0.6) is 5.75 Å². The van der Waals surface area contributed by atoms with Crippen LogP contribution in [0.2, 0.25) is 5.02 Å². The minimum Gasteiger partial charge on any atom is -0.489 e. The van der Waals surface area contributed by atoms with Gasteiger partial charge in [-0.3, -0.25) is 14.7 Å². The third kappa shape index (κ3) is 5.68. The number of para-hydroxylation sites is 1. The summed E-state index contributed by atoms with van der Waals surface area (Å²) in [6, 6.07) is 1.84. The first-order chi connectivity index (χ1) is 17.8. The second-order valence-corrected chi connectivity index (χ2v) is 7.89. The molecule has 1 fully saturated rings. The number of amidine groups is 1. The number of ether oxygens (including phenoxy) is 1. The van der Waals surface area contributed by atoms with E-state index >= 15 is 0 Å². The molecule has 0 aliphatic carbocycles. The first kappa shape index (κ1) is 15.5. The monoisotopic (exact) mass is 467 g/mol. The summed E-state index contributed by atoms with van der Waals surface area (Å²) >= 11 is 7.21. The molecule has 1 amide bonds. The molecule has 8 heteroatoms. The van der Waals surface area contributed by atoms with E-state index in [9.17, 15) is 9.90 Å². The standard InChI is InChI=1S/C23H25ClN2O4S/c1-3-10-25-23-26(19-7-5-4-6-15(19)2)22(29)21(31-23)12-16-8-9-20(18(24)11-16)30-14-17(28)13-27/h4-9,11-12,17,27-28H,3,10,13-14H2,1-2H3/b21-12-,25-23?/t17-/m1/s1/i2D3,4D,5D,6D,7D.